The molecule has 0 bridgehead atoms. The van der Waals surface area contributed by atoms with Crippen LogP contribution in [0.1, 0.15) is 31.0 Å². The third-order valence-electron chi connectivity index (χ3n) is 4.37. The van der Waals surface area contributed by atoms with E-state index in [1.807, 2.05) is 18.2 Å². The smallest absolute Gasteiger partial charge is 0.166 e. The number of nitrogens with zero attached hydrogens (tertiary/aromatic N) is 1. The van der Waals surface area contributed by atoms with Crippen molar-refractivity contribution in [2.24, 2.45) is 4.99 Å². The predicted octanol–water partition coefficient (Wildman–Crippen LogP) is 2.49. The van der Waals surface area contributed by atoms with Crippen molar-refractivity contribution in [2.45, 2.75) is 19.9 Å². The van der Waals surface area contributed by atoms with E-state index in [0.717, 1.165) is 13.1 Å². The number of aromatic hydroxyl groups is 1. The second kappa shape index (κ2) is 9.08. The molecule has 0 amide bonds. The molecule has 4 nitrogen and oxygen atoms in total. The van der Waals surface area contributed by atoms with Crippen molar-refractivity contribution >= 4 is 6.21 Å². The number of para-hydroxylation sites is 1. The summed E-state index contributed by atoms with van der Waals surface area (Å²) in [6.07, 6.45) is 1.73. The highest BCUT2D eigenvalue weighted by Crippen LogP contribution is 2.28. The van der Waals surface area contributed by atoms with Crippen molar-refractivity contribution in [3.05, 3.63) is 59.7 Å². The molecule has 0 aliphatic heterocycles. The number of nitrogens with one attached hydrogen (secondary N) is 1. The first-order valence-corrected chi connectivity index (χ1v) is 8.46. The van der Waals surface area contributed by atoms with Gasteiger partial charge in [0, 0.05) is 17.3 Å². The minimum atomic E-state index is 0.134. The first kappa shape index (κ1) is 18.0. The van der Waals surface area contributed by atoms with Crippen LogP contribution in [0.2, 0.25) is 0 Å². The van der Waals surface area contributed by atoms with Crippen LogP contribution in [-0.2, 0) is 0 Å². The van der Waals surface area contributed by atoms with Gasteiger partial charge in [-0.05, 0) is 26.0 Å². The zero-order valence-corrected chi connectivity index (χ0v) is 14.7. The molecule has 2 rings (SSSR count). The Bertz CT molecular complexity index is 652. The average molecular weight is 327 g/mol. The lowest BCUT2D eigenvalue weighted by Crippen LogP contribution is -3.12. The van der Waals surface area contributed by atoms with Gasteiger partial charge in [-0.15, -0.1) is 0 Å². The summed E-state index contributed by atoms with van der Waals surface area (Å²) in [6.45, 7) is 7.18. The van der Waals surface area contributed by atoms with Gasteiger partial charge in [-0.1, -0.05) is 36.4 Å². The summed E-state index contributed by atoms with van der Waals surface area (Å²) in [7, 11) is 1.55. The van der Waals surface area contributed by atoms with Crippen LogP contribution < -0.4 is 9.64 Å². The van der Waals surface area contributed by atoms with Gasteiger partial charge < -0.3 is 14.7 Å². The van der Waals surface area contributed by atoms with E-state index in [2.05, 4.69) is 43.1 Å². The number of hydrogen-bond donors (Lipinski definition) is 2. The summed E-state index contributed by atoms with van der Waals surface area (Å²) in [4.78, 5) is 6.10. The van der Waals surface area contributed by atoms with E-state index in [0.29, 0.717) is 23.9 Å². The molecule has 0 fully saturated rings. The molecule has 4 heteroatoms. The van der Waals surface area contributed by atoms with Crippen LogP contribution in [0.25, 0.3) is 0 Å². The zero-order valence-electron chi connectivity index (χ0n) is 14.7. The number of methoxy groups -OCH3 is 1. The Balaban J connectivity index is 2.19. The minimum absolute atomic E-state index is 0.134. The maximum atomic E-state index is 10.2. The van der Waals surface area contributed by atoms with E-state index >= 15 is 0 Å². The number of benzene rings is 2. The Labute approximate surface area is 144 Å². The summed E-state index contributed by atoms with van der Waals surface area (Å²) in [5.41, 5.74) is 1.97. The number of aliphatic imine (C=N–C) groups is 1. The lowest BCUT2D eigenvalue weighted by atomic mass is 10.1. The van der Waals surface area contributed by atoms with E-state index in [-0.39, 0.29) is 5.75 Å². The van der Waals surface area contributed by atoms with Crippen LogP contribution in [0.3, 0.4) is 0 Å². The average Bonchev–Trinajstić information content (AvgIpc) is 2.63. The van der Waals surface area contributed by atoms with Crippen molar-refractivity contribution in [1.29, 1.82) is 0 Å². The number of phenolic OH excluding ortho intramolecular Hbond substituents is 1. The Hall–Kier alpha value is -2.33. The molecule has 0 spiro atoms. The van der Waals surface area contributed by atoms with Crippen LogP contribution in [0.15, 0.2) is 53.5 Å². The Morgan fingerprint density at radius 1 is 1.08 bits per heavy atom. The Kier molecular flexibility index (Phi) is 6.82. The number of ether oxygens (including phenoxy) is 1. The fourth-order valence-electron chi connectivity index (χ4n) is 2.96. The molecule has 2 aromatic carbocycles. The summed E-state index contributed by atoms with van der Waals surface area (Å²) < 4.78 is 5.14. The van der Waals surface area contributed by atoms with Crippen LogP contribution in [0.5, 0.6) is 11.5 Å². The van der Waals surface area contributed by atoms with Crippen molar-refractivity contribution in [3.8, 4) is 11.5 Å². The van der Waals surface area contributed by atoms with Gasteiger partial charge in [0.25, 0.3) is 0 Å². The van der Waals surface area contributed by atoms with Crippen molar-refractivity contribution < 1.29 is 14.7 Å². The lowest BCUT2D eigenvalue weighted by Gasteiger charge is -2.25. The fraction of sp³-hybridized carbons (Fsp3) is 0.350. The van der Waals surface area contributed by atoms with Gasteiger partial charge >= 0.3 is 0 Å². The van der Waals surface area contributed by atoms with Crippen LogP contribution in [0.4, 0.5) is 0 Å². The first-order valence-electron chi connectivity index (χ1n) is 8.46. The van der Waals surface area contributed by atoms with E-state index in [9.17, 15) is 5.11 Å². The largest absolute Gasteiger partial charge is 0.504 e. The van der Waals surface area contributed by atoms with E-state index in [1.165, 1.54) is 10.5 Å². The molecule has 0 unspecified atom stereocenters. The molecule has 128 valence electrons. The lowest BCUT2D eigenvalue weighted by molar-refractivity contribution is -0.926. The molecule has 0 saturated heterocycles. The van der Waals surface area contributed by atoms with Gasteiger partial charge in [0.05, 0.1) is 26.7 Å². The zero-order chi connectivity index (χ0) is 17.4. The Morgan fingerprint density at radius 2 is 1.79 bits per heavy atom. The molecule has 0 heterocycles. The number of hydrogen-bond acceptors (Lipinski definition) is 3. The topological polar surface area (TPSA) is 46.3 Å². The highest BCUT2D eigenvalue weighted by molar-refractivity contribution is 5.84. The minimum Gasteiger partial charge on any atom is -0.504 e. The molecule has 0 aromatic heterocycles. The van der Waals surface area contributed by atoms with Crippen molar-refractivity contribution in [2.75, 3.05) is 26.7 Å². The number of likely N-dealkylation sites (N-methyl/N-ethyl adjacent to an activating group) is 1. The second-order valence-electron chi connectivity index (χ2n) is 5.72. The van der Waals surface area contributed by atoms with Crippen molar-refractivity contribution in [3.63, 3.8) is 0 Å². The maximum absolute atomic E-state index is 10.2. The summed E-state index contributed by atoms with van der Waals surface area (Å²) in [6, 6.07) is 16.2. The summed E-state index contributed by atoms with van der Waals surface area (Å²) >= 11 is 0. The number of rotatable bonds is 8. The second-order valence-corrected chi connectivity index (χ2v) is 5.72. The standard InChI is InChI=1S/C20H26N2O2/c1-4-22(5-2)18(16-10-7-6-8-11-16)15-21-14-17-12-9-13-19(24-3)20(17)23/h6-14,18,23H,4-5,15H2,1-3H3/p+1/t18-/m1/s1. The third kappa shape index (κ3) is 4.36. The quantitative estimate of drug-likeness (QED) is 0.732. The SMILES string of the molecule is CC[NH+](CC)[C@H](CN=Cc1cccc(OC)c1O)c1ccccc1. The van der Waals surface area contributed by atoms with E-state index in [4.69, 9.17) is 4.74 Å². The molecule has 0 saturated carbocycles. The molecule has 2 N–H and O–H groups in total. The molecule has 0 aliphatic carbocycles. The highest BCUT2D eigenvalue weighted by Gasteiger charge is 2.20. The van der Waals surface area contributed by atoms with Crippen molar-refractivity contribution in [1.82, 2.24) is 0 Å². The molecule has 1 atom stereocenters. The van der Waals surface area contributed by atoms with Crippen LogP contribution >= 0.6 is 0 Å². The summed E-state index contributed by atoms with van der Waals surface area (Å²) in [5, 5.41) is 10.2. The molecule has 0 aliphatic rings. The van der Waals surface area contributed by atoms with Gasteiger partial charge in [0.1, 0.15) is 6.04 Å². The predicted molar refractivity (Wildman–Crippen MR) is 98.3 cm³/mol. The van der Waals surface area contributed by atoms with E-state index < -0.39 is 0 Å². The molecule has 0 radical (unpaired) electrons. The molecule has 24 heavy (non-hydrogen) atoms. The number of phenols is 1. The molecular weight excluding hydrogens is 300 g/mol. The van der Waals surface area contributed by atoms with Crippen LogP contribution in [0, 0.1) is 0 Å². The van der Waals surface area contributed by atoms with Gasteiger partial charge in [-0.25, -0.2) is 0 Å². The Morgan fingerprint density at radius 3 is 2.42 bits per heavy atom. The highest BCUT2D eigenvalue weighted by atomic mass is 16.5. The normalized spacial score (nSPS) is 12.7. The van der Waals surface area contributed by atoms with E-state index in [1.54, 1.807) is 19.4 Å². The van der Waals surface area contributed by atoms with Crippen LogP contribution in [-0.4, -0.2) is 38.1 Å². The molecular formula is C20H27N2O2+. The third-order valence-corrected chi connectivity index (χ3v) is 4.37. The fourth-order valence-corrected chi connectivity index (χ4v) is 2.96. The maximum Gasteiger partial charge on any atom is 0.166 e. The molecule has 2 aromatic rings. The number of quaternary nitrogens is 1. The van der Waals surface area contributed by atoms with Gasteiger partial charge in [0.2, 0.25) is 0 Å². The van der Waals surface area contributed by atoms with Gasteiger partial charge in [-0.3, -0.25) is 4.99 Å². The first-order chi connectivity index (χ1) is 11.7. The van der Waals surface area contributed by atoms with Gasteiger partial charge in [-0.2, -0.15) is 0 Å². The summed E-state index contributed by atoms with van der Waals surface area (Å²) in [5.74, 6) is 0.600. The monoisotopic (exact) mass is 327 g/mol. The van der Waals surface area contributed by atoms with Gasteiger partial charge in [0.15, 0.2) is 11.5 Å².